The summed E-state index contributed by atoms with van der Waals surface area (Å²) in [7, 11) is 1.61. The van der Waals surface area contributed by atoms with Gasteiger partial charge in [-0.05, 0) is 24.7 Å². The van der Waals surface area contributed by atoms with E-state index in [4.69, 9.17) is 9.84 Å². The number of amides is 1. The van der Waals surface area contributed by atoms with Gasteiger partial charge >= 0.3 is 5.97 Å². The summed E-state index contributed by atoms with van der Waals surface area (Å²) in [6.45, 7) is 1.07. The van der Waals surface area contributed by atoms with Crippen molar-refractivity contribution in [3.05, 3.63) is 0 Å². The average molecular weight is 271 g/mol. The standard InChI is InChI=1S/C14H25NO4/c1-19-9-5-6-12(16)15-11-14(10-13(17)18)7-3-2-4-8-14/h2-11H2,1H3,(H,15,16)(H,17,18). The van der Waals surface area contributed by atoms with Crippen LogP contribution in [0, 0.1) is 5.41 Å². The quantitative estimate of drug-likeness (QED) is 0.662. The summed E-state index contributed by atoms with van der Waals surface area (Å²) in [5, 5.41) is 11.9. The van der Waals surface area contributed by atoms with Crippen LogP contribution in [0.2, 0.25) is 0 Å². The monoisotopic (exact) mass is 271 g/mol. The molecule has 2 N–H and O–H groups in total. The van der Waals surface area contributed by atoms with Gasteiger partial charge in [-0.2, -0.15) is 0 Å². The molecule has 1 aliphatic rings. The molecule has 0 aromatic carbocycles. The van der Waals surface area contributed by atoms with Gasteiger partial charge in [-0.15, -0.1) is 0 Å². The zero-order valence-electron chi connectivity index (χ0n) is 11.7. The molecule has 1 saturated carbocycles. The molecule has 1 aliphatic carbocycles. The fraction of sp³-hybridized carbons (Fsp3) is 0.857. The summed E-state index contributed by atoms with van der Waals surface area (Å²) in [5.74, 6) is -0.775. The second kappa shape index (κ2) is 8.15. The van der Waals surface area contributed by atoms with Gasteiger partial charge in [0, 0.05) is 26.7 Å². The molecule has 0 heterocycles. The Labute approximate surface area is 114 Å². The molecule has 1 fully saturated rings. The Kier molecular flexibility index (Phi) is 6.84. The molecule has 0 aromatic heterocycles. The Morgan fingerprint density at radius 2 is 1.95 bits per heavy atom. The smallest absolute Gasteiger partial charge is 0.303 e. The maximum absolute atomic E-state index is 11.7. The van der Waals surface area contributed by atoms with E-state index < -0.39 is 5.97 Å². The molecular weight excluding hydrogens is 246 g/mol. The number of hydrogen-bond donors (Lipinski definition) is 2. The van der Waals surface area contributed by atoms with Crippen LogP contribution in [0.1, 0.15) is 51.4 Å². The van der Waals surface area contributed by atoms with Crippen molar-refractivity contribution < 1.29 is 19.4 Å². The number of carbonyl (C=O) groups excluding carboxylic acids is 1. The molecule has 19 heavy (non-hydrogen) atoms. The van der Waals surface area contributed by atoms with E-state index in [-0.39, 0.29) is 17.7 Å². The van der Waals surface area contributed by atoms with E-state index in [1.54, 1.807) is 7.11 Å². The molecule has 0 spiro atoms. The van der Waals surface area contributed by atoms with E-state index in [9.17, 15) is 9.59 Å². The number of hydrogen-bond acceptors (Lipinski definition) is 3. The predicted molar refractivity (Wildman–Crippen MR) is 71.9 cm³/mol. The minimum Gasteiger partial charge on any atom is -0.481 e. The van der Waals surface area contributed by atoms with Gasteiger partial charge in [-0.25, -0.2) is 0 Å². The number of carboxylic acid groups (broad SMARTS) is 1. The number of rotatable bonds is 8. The van der Waals surface area contributed by atoms with Crippen LogP contribution >= 0.6 is 0 Å². The highest BCUT2D eigenvalue weighted by atomic mass is 16.5. The van der Waals surface area contributed by atoms with E-state index >= 15 is 0 Å². The van der Waals surface area contributed by atoms with Crippen molar-refractivity contribution in [2.45, 2.75) is 51.4 Å². The van der Waals surface area contributed by atoms with Crippen LogP contribution < -0.4 is 5.32 Å². The SMILES string of the molecule is COCCCC(=O)NCC1(CC(=O)O)CCCCC1. The van der Waals surface area contributed by atoms with Gasteiger partial charge in [0.15, 0.2) is 0 Å². The zero-order chi connectivity index (χ0) is 14.1. The van der Waals surface area contributed by atoms with Crippen molar-refractivity contribution >= 4 is 11.9 Å². The Bertz CT molecular complexity index is 298. The molecule has 0 saturated heterocycles. The lowest BCUT2D eigenvalue weighted by Crippen LogP contribution is -2.40. The topological polar surface area (TPSA) is 75.6 Å². The Morgan fingerprint density at radius 3 is 2.53 bits per heavy atom. The van der Waals surface area contributed by atoms with E-state index in [0.717, 1.165) is 25.7 Å². The van der Waals surface area contributed by atoms with Gasteiger partial charge in [0.1, 0.15) is 0 Å². The number of carboxylic acids is 1. The second-order valence-corrected chi connectivity index (χ2v) is 5.50. The third-order valence-electron chi connectivity index (χ3n) is 3.85. The molecule has 5 nitrogen and oxygen atoms in total. The second-order valence-electron chi connectivity index (χ2n) is 5.50. The van der Waals surface area contributed by atoms with Gasteiger partial charge in [-0.1, -0.05) is 19.3 Å². The van der Waals surface area contributed by atoms with Crippen LogP contribution in [0.4, 0.5) is 0 Å². The van der Waals surface area contributed by atoms with Crippen molar-refractivity contribution in [1.82, 2.24) is 5.32 Å². The average Bonchev–Trinajstić information content (AvgIpc) is 2.37. The number of carbonyl (C=O) groups is 2. The predicted octanol–water partition coefficient (Wildman–Crippen LogP) is 1.95. The summed E-state index contributed by atoms with van der Waals surface area (Å²) in [4.78, 5) is 22.7. The molecule has 0 unspecified atom stereocenters. The first-order valence-electron chi connectivity index (χ1n) is 7.05. The van der Waals surface area contributed by atoms with Crippen molar-refractivity contribution in [2.75, 3.05) is 20.3 Å². The third kappa shape index (κ3) is 6.05. The maximum Gasteiger partial charge on any atom is 0.303 e. The highest BCUT2D eigenvalue weighted by Gasteiger charge is 2.34. The van der Waals surface area contributed by atoms with E-state index in [2.05, 4.69) is 5.32 Å². The highest BCUT2D eigenvalue weighted by Crippen LogP contribution is 2.38. The molecular formula is C14H25NO4. The molecule has 110 valence electrons. The van der Waals surface area contributed by atoms with E-state index in [0.29, 0.717) is 26.0 Å². The first-order valence-corrected chi connectivity index (χ1v) is 7.05. The fourth-order valence-electron chi connectivity index (χ4n) is 2.79. The highest BCUT2D eigenvalue weighted by molar-refractivity contribution is 5.76. The molecule has 5 heteroatoms. The first kappa shape index (κ1) is 16.0. The van der Waals surface area contributed by atoms with Gasteiger partial charge in [0.2, 0.25) is 5.91 Å². The van der Waals surface area contributed by atoms with Gasteiger partial charge in [-0.3, -0.25) is 9.59 Å². The van der Waals surface area contributed by atoms with Crippen LogP contribution in [0.25, 0.3) is 0 Å². The molecule has 0 bridgehead atoms. The molecule has 1 amide bonds. The van der Waals surface area contributed by atoms with Gasteiger partial charge < -0.3 is 15.2 Å². The normalized spacial score (nSPS) is 17.9. The first-order chi connectivity index (χ1) is 9.08. The third-order valence-corrected chi connectivity index (χ3v) is 3.85. The number of aliphatic carboxylic acids is 1. The minimum atomic E-state index is -0.768. The van der Waals surface area contributed by atoms with Crippen molar-refractivity contribution in [3.63, 3.8) is 0 Å². The van der Waals surface area contributed by atoms with Gasteiger partial charge in [0.05, 0.1) is 6.42 Å². The summed E-state index contributed by atoms with van der Waals surface area (Å²) < 4.78 is 4.90. The molecule has 1 rings (SSSR count). The number of ether oxygens (including phenoxy) is 1. The summed E-state index contributed by atoms with van der Waals surface area (Å²) in [5.41, 5.74) is -0.235. The minimum absolute atomic E-state index is 0.00705. The lowest BCUT2D eigenvalue weighted by atomic mass is 9.71. The maximum atomic E-state index is 11.7. The molecule has 0 aromatic rings. The fourth-order valence-corrected chi connectivity index (χ4v) is 2.79. The van der Waals surface area contributed by atoms with Crippen molar-refractivity contribution in [3.8, 4) is 0 Å². The summed E-state index contributed by atoms with van der Waals surface area (Å²) in [6, 6.07) is 0. The Hall–Kier alpha value is -1.10. The Morgan fingerprint density at radius 1 is 1.26 bits per heavy atom. The lowest BCUT2D eigenvalue weighted by Gasteiger charge is -2.36. The lowest BCUT2D eigenvalue weighted by molar-refractivity contribution is -0.140. The Balaban J connectivity index is 2.40. The number of nitrogens with one attached hydrogen (secondary N) is 1. The van der Waals surface area contributed by atoms with Crippen LogP contribution in [0.15, 0.2) is 0 Å². The van der Waals surface area contributed by atoms with Crippen LogP contribution in [-0.4, -0.2) is 37.2 Å². The number of methoxy groups -OCH3 is 1. The van der Waals surface area contributed by atoms with E-state index in [1.165, 1.54) is 6.42 Å². The van der Waals surface area contributed by atoms with Crippen molar-refractivity contribution in [2.24, 2.45) is 5.41 Å². The summed E-state index contributed by atoms with van der Waals surface area (Å²) >= 11 is 0. The van der Waals surface area contributed by atoms with Crippen LogP contribution in [-0.2, 0) is 14.3 Å². The molecule has 0 radical (unpaired) electrons. The van der Waals surface area contributed by atoms with E-state index in [1.807, 2.05) is 0 Å². The largest absolute Gasteiger partial charge is 0.481 e. The van der Waals surface area contributed by atoms with Crippen LogP contribution in [0.5, 0.6) is 0 Å². The molecule has 0 aliphatic heterocycles. The zero-order valence-corrected chi connectivity index (χ0v) is 11.7. The molecule has 0 atom stereocenters. The van der Waals surface area contributed by atoms with Gasteiger partial charge in [0.25, 0.3) is 0 Å². The van der Waals surface area contributed by atoms with Crippen LogP contribution in [0.3, 0.4) is 0 Å². The van der Waals surface area contributed by atoms with Crippen molar-refractivity contribution in [1.29, 1.82) is 0 Å². The summed E-state index contributed by atoms with van der Waals surface area (Å²) in [6.07, 6.45) is 6.40.